The Balaban J connectivity index is 2.40. The Kier molecular flexibility index (Phi) is 3.80. The summed E-state index contributed by atoms with van der Waals surface area (Å²) in [6.07, 6.45) is 1.41. The summed E-state index contributed by atoms with van der Waals surface area (Å²) in [5, 5.41) is 8.84. The Morgan fingerprint density at radius 1 is 1.50 bits per heavy atom. The van der Waals surface area contributed by atoms with Crippen LogP contribution in [0.15, 0.2) is 24.4 Å². The summed E-state index contributed by atoms with van der Waals surface area (Å²) >= 11 is 0. The number of nitrogens with zero attached hydrogens (tertiary/aromatic N) is 3. The standard InChI is InChI=1S/C14H12FN3O2/c1-9-17-7-13(14(19)20-2)18(9)8-11-3-10(6-16)4-12(15)5-11/h3-5,7H,8H2,1-2H3. The number of rotatable bonds is 3. The molecule has 1 heterocycles. The maximum Gasteiger partial charge on any atom is 0.356 e. The van der Waals surface area contributed by atoms with Crippen LogP contribution >= 0.6 is 0 Å². The summed E-state index contributed by atoms with van der Waals surface area (Å²) in [5.74, 6) is -0.396. The fourth-order valence-electron chi connectivity index (χ4n) is 1.92. The predicted molar refractivity (Wildman–Crippen MR) is 68.5 cm³/mol. The topological polar surface area (TPSA) is 67.9 Å². The summed E-state index contributed by atoms with van der Waals surface area (Å²) in [5.41, 5.74) is 1.10. The molecule has 102 valence electrons. The van der Waals surface area contributed by atoms with Crippen LogP contribution in [0.25, 0.3) is 0 Å². The minimum absolute atomic E-state index is 0.234. The lowest BCUT2D eigenvalue weighted by atomic mass is 10.1. The van der Waals surface area contributed by atoms with E-state index in [9.17, 15) is 9.18 Å². The van der Waals surface area contributed by atoms with E-state index in [0.717, 1.165) is 6.07 Å². The lowest BCUT2D eigenvalue weighted by Gasteiger charge is -2.09. The SMILES string of the molecule is COC(=O)c1cnc(C)n1Cc1cc(F)cc(C#N)c1. The molecule has 20 heavy (non-hydrogen) atoms. The van der Waals surface area contributed by atoms with Crippen LogP contribution in [0.2, 0.25) is 0 Å². The van der Waals surface area contributed by atoms with Crippen molar-refractivity contribution in [2.24, 2.45) is 0 Å². The molecule has 0 atom stereocenters. The Morgan fingerprint density at radius 3 is 2.90 bits per heavy atom. The van der Waals surface area contributed by atoms with Crippen LogP contribution in [-0.4, -0.2) is 22.6 Å². The Labute approximate surface area is 115 Å². The molecule has 1 aromatic heterocycles. The van der Waals surface area contributed by atoms with Gasteiger partial charge in [-0.25, -0.2) is 14.2 Å². The van der Waals surface area contributed by atoms with Gasteiger partial charge in [-0.15, -0.1) is 0 Å². The fraction of sp³-hybridized carbons (Fsp3) is 0.214. The van der Waals surface area contributed by atoms with E-state index in [1.807, 2.05) is 6.07 Å². The van der Waals surface area contributed by atoms with Gasteiger partial charge in [0.25, 0.3) is 0 Å². The number of imidazole rings is 1. The number of halogens is 1. The minimum atomic E-state index is -0.512. The van der Waals surface area contributed by atoms with Crippen LogP contribution in [-0.2, 0) is 11.3 Å². The van der Waals surface area contributed by atoms with Crippen molar-refractivity contribution < 1.29 is 13.9 Å². The Morgan fingerprint density at radius 2 is 2.25 bits per heavy atom. The summed E-state index contributed by atoms with van der Waals surface area (Å²) < 4.78 is 19.7. The molecule has 0 unspecified atom stereocenters. The number of ether oxygens (including phenoxy) is 1. The molecule has 5 nitrogen and oxygen atoms in total. The van der Waals surface area contributed by atoms with Gasteiger partial charge in [-0.1, -0.05) is 0 Å². The van der Waals surface area contributed by atoms with Gasteiger partial charge in [0.2, 0.25) is 0 Å². The fourth-order valence-corrected chi connectivity index (χ4v) is 1.92. The smallest absolute Gasteiger partial charge is 0.356 e. The molecule has 0 amide bonds. The molecule has 0 saturated heterocycles. The monoisotopic (exact) mass is 273 g/mol. The van der Waals surface area contributed by atoms with Crippen LogP contribution in [0.4, 0.5) is 4.39 Å². The third-order valence-corrected chi connectivity index (χ3v) is 2.88. The van der Waals surface area contributed by atoms with Crippen molar-refractivity contribution in [3.8, 4) is 6.07 Å². The second kappa shape index (κ2) is 5.53. The number of esters is 1. The lowest BCUT2D eigenvalue weighted by Crippen LogP contribution is -2.12. The highest BCUT2D eigenvalue weighted by Gasteiger charge is 2.15. The van der Waals surface area contributed by atoms with E-state index in [2.05, 4.69) is 9.72 Å². The van der Waals surface area contributed by atoms with E-state index in [1.165, 1.54) is 19.4 Å². The molecule has 0 radical (unpaired) electrons. The largest absolute Gasteiger partial charge is 0.464 e. The van der Waals surface area contributed by atoms with Gasteiger partial charge < -0.3 is 9.30 Å². The first-order valence-corrected chi connectivity index (χ1v) is 5.85. The van der Waals surface area contributed by atoms with Gasteiger partial charge in [-0.05, 0) is 30.7 Å². The third kappa shape index (κ3) is 2.67. The number of hydrogen-bond acceptors (Lipinski definition) is 4. The van der Waals surface area contributed by atoms with Crippen molar-refractivity contribution in [2.45, 2.75) is 13.5 Å². The molecule has 0 fully saturated rings. The van der Waals surface area contributed by atoms with E-state index in [0.29, 0.717) is 11.4 Å². The summed E-state index contributed by atoms with van der Waals surface area (Å²) in [6, 6.07) is 5.95. The van der Waals surface area contributed by atoms with Crippen LogP contribution < -0.4 is 0 Å². The highest BCUT2D eigenvalue weighted by molar-refractivity contribution is 5.87. The zero-order chi connectivity index (χ0) is 14.7. The molecule has 2 aromatic rings. The zero-order valence-electron chi connectivity index (χ0n) is 11.1. The lowest BCUT2D eigenvalue weighted by molar-refractivity contribution is 0.0588. The molecule has 2 rings (SSSR count). The van der Waals surface area contributed by atoms with Gasteiger partial charge in [0.05, 0.1) is 24.9 Å². The van der Waals surface area contributed by atoms with Gasteiger partial charge in [0, 0.05) is 6.54 Å². The molecule has 0 bridgehead atoms. The normalized spacial score (nSPS) is 10.1. The number of nitriles is 1. The quantitative estimate of drug-likeness (QED) is 0.802. The minimum Gasteiger partial charge on any atom is -0.464 e. The van der Waals surface area contributed by atoms with Crippen molar-refractivity contribution in [3.05, 3.63) is 52.9 Å². The first-order valence-electron chi connectivity index (χ1n) is 5.85. The maximum absolute atomic E-state index is 13.4. The second-order valence-corrected chi connectivity index (χ2v) is 4.23. The number of methoxy groups -OCH3 is 1. The molecule has 0 aliphatic heterocycles. The molecule has 0 aliphatic carbocycles. The van der Waals surface area contributed by atoms with E-state index >= 15 is 0 Å². The van der Waals surface area contributed by atoms with E-state index in [1.54, 1.807) is 17.6 Å². The number of hydrogen-bond donors (Lipinski definition) is 0. The van der Waals surface area contributed by atoms with Crippen LogP contribution in [0, 0.1) is 24.1 Å². The van der Waals surface area contributed by atoms with Gasteiger partial charge in [0.15, 0.2) is 0 Å². The molecule has 0 aliphatic rings. The van der Waals surface area contributed by atoms with Crippen molar-refractivity contribution in [1.82, 2.24) is 9.55 Å². The first-order chi connectivity index (χ1) is 9.55. The summed E-state index contributed by atoms with van der Waals surface area (Å²) in [6.45, 7) is 1.97. The number of aromatic nitrogens is 2. The van der Waals surface area contributed by atoms with Crippen LogP contribution in [0.1, 0.15) is 27.4 Å². The van der Waals surface area contributed by atoms with Gasteiger partial charge >= 0.3 is 5.97 Å². The van der Waals surface area contributed by atoms with Crippen LogP contribution in [0.5, 0.6) is 0 Å². The number of carbonyl (C=O) groups excluding carboxylic acids is 1. The van der Waals surface area contributed by atoms with Crippen molar-refractivity contribution in [2.75, 3.05) is 7.11 Å². The molecular formula is C14H12FN3O2. The van der Waals surface area contributed by atoms with Gasteiger partial charge in [0.1, 0.15) is 17.3 Å². The molecule has 6 heteroatoms. The second-order valence-electron chi connectivity index (χ2n) is 4.23. The van der Waals surface area contributed by atoms with E-state index < -0.39 is 11.8 Å². The molecule has 1 aromatic carbocycles. The summed E-state index contributed by atoms with van der Waals surface area (Å²) in [7, 11) is 1.28. The maximum atomic E-state index is 13.4. The highest BCUT2D eigenvalue weighted by atomic mass is 19.1. The number of carbonyl (C=O) groups is 1. The van der Waals surface area contributed by atoms with E-state index in [4.69, 9.17) is 5.26 Å². The average molecular weight is 273 g/mol. The van der Waals surface area contributed by atoms with Crippen molar-refractivity contribution in [1.29, 1.82) is 5.26 Å². The Hall–Kier alpha value is -2.68. The highest BCUT2D eigenvalue weighted by Crippen LogP contribution is 2.14. The number of aryl methyl sites for hydroxylation is 1. The predicted octanol–water partition coefficient (Wildman–Crippen LogP) is 2.04. The van der Waals surface area contributed by atoms with Crippen molar-refractivity contribution in [3.63, 3.8) is 0 Å². The molecule has 0 N–H and O–H groups in total. The third-order valence-electron chi connectivity index (χ3n) is 2.88. The van der Waals surface area contributed by atoms with Crippen molar-refractivity contribution >= 4 is 5.97 Å². The Bertz CT molecular complexity index is 701. The average Bonchev–Trinajstić information content (AvgIpc) is 2.79. The molecule has 0 spiro atoms. The molecule has 0 saturated carbocycles. The number of benzene rings is 1. The zero-order valence-corrected chi connectivity index (χ0v) is 11.1. The summed E-state index contributed by atoms with van der Waals surface area (Å²) in [4.78, 5) is 15.7. The van der Waals surface area contributed by atoms with Gasteiger partial charge in [-0.3, -0.25) is 0 Å². The van der Waals surface area contributed by atoms with Gasteiger partial charge in [-0.2, -0.15) is 5.26 Å². The molecular weight excluding hydrogens is 261 g/mol. The first kappa shape index (κ1) is 13.7. The van der Waals surface area contributed by atoms with Crippen LogP contribution in [0.3, 0.4) is 0 Å². The van der Waals surface area contributed by atoms with E-state index in [-0.39, 0.29) is 17.8 Å².